The minimum atomic E-state index is -0.404. The molecule has 1 aromatic rings. The van der Waals surface area contributed by atoms with Gasteiger partial charge in [-0.15, -0.1) is 0 Å². The summed E-state index contributed by atoms with van der Waals surface area (Å²) in [5.74, 6) is -0.627. The largest absolute Gasteiger partial charge is 0.502 e. The lowest BCUT2D eigenvalue weighted by Crippen LogP contribution is -2.17. The van der Waals surface area contributed by atoms with Gasteiger partial charge in [0.1, 0.15) is 6.10 Å². The van der Waals surface area contributed by atoms with Crippen molar-refractivity contribution in [1.29, 1.82) is 0 Å². The quantitative estimate of drug-likeness (QED) is 0.778. The standard InChI is InChI=1S/C12H12O3/c13-11-7-6-10(15-12(11)14)8-9-4-2-1-3-5-9/h1-7,10,13-14H,8H2. The molecular weight excluding hydrogens is 192 g/mol. The molecule has 1 heterocycles. The summed E-state index contributed by atoms with van der Waals surface area (Å²) in [6.45, 7) is 0. The molecular formula is C12H12O3. The van der Waals surface area contributed by atoms with Crippen LogP contribution in [0.5, 0.6) is 0 Å². The highest BCUT2D eigenvalue weighted by Crippen LogP contribution is 2.16. The Kier molecular flexibility index (Phi) is 2.63. The number of benzene rings is 1. The Morgan fingerprint density at radius 1 is 1.13 bits per heavy atom. The number of ether oxygens (including phenoxy) is 1. The molecule has 1 aromatic carbocycles. The van der Waals surface area contributed by atoms with Gasteiger partial charge in [0.15, 0.2) is 5.76 Å². The second-order valence-corrected chi connectivity index (χ2v) is 3.40. The van der Waals surface area contributed by atoms with Crippen LogP contribution in [0.4, 0.5) is 0 Å². The number of aliphatic hydroxyl groups is 2. The van der Waals surface area contributed by atoms with Crippen molar-refractivity contribution < 1.29 is 14.9 Å². The van der Waals surface area contributed by atoms with E-state index in [9.17, 15) is 5.11 Å². The molecule has 0 radical (unpaired) electrons. The van der Waals surface area contributed by atoms with E-state index >= 15 is 0 Å². The van der Waals surface area contributed by atoms with E-state index in [1.165, 1.54) is 6.08 Å². The van der Waals surface area contributed by atoms with Crippen LogP contribution in [0.15, 0.2) is 54.2 Å². The van der Waals surface area contributed by atoms with Gasteiger partial charge in [-0.3, -0.25) is 0 Å². The molecule has 0 saturated carbocycles. The monoisotopic (exact) mass is 204 g/mol. The molecule has 1 aliphatic heterocycles. The summed E-state index contributed by atoms with van der Waals surface area (Å²) < 4.78 is 5.10. The van der Waals surface area contributed by atoms with Gasteiger partial charge in [0.05, 0.1) is 0 Å². The van der Waals surface area contributed by atoms with Crippen LogP contribution in [-0.4, -0.2) is 16.3 Å². The maximum Gasteiger partial charge on any atom is 0.321 e. The van der Waals surface area contributed by atoms with Gasteiger partial charge in [-0.05, 0) is 17.7 Å². The average molecular weight is 204 g/mol. The first kappa shape index (κ1) is 9.65. The third-order valence-electron chi connectivity index (χ3n) is 2.23. The molecule has 0 bridgehead atoms. The Hall–Kier alpha value is -1.90. The lowest BCUT2D eigenvalue weighted by atomic mass is 10.1. The predicted octanol–water partition coefficient (Wildman–Crippen LogP) is 2.47. The number of rotatable bonds is 2. The molecule has 0 aromatic heterocycles. The zero-order valence-electron chi connectivity index (χ0n) is 8.13. The SMILES string of the molecule is OC1=C(O)OC(Cc2ccccc2)C=C1. The van der Waals surface area contributed by atoms with E-state index in [0.717, 1.165) is 5.56 Å². The van der Waals surface area contributed by atoms with Crippen LogP contribution in [0.2, 0.25) is 0 Å². The second-order valence-electron chi connectivity index (χ2n) is 3.40. The average Bonchev–Trinajstić information content (AvgIpc) is 2.25. The first-order valence-electron chi connectivity index (χ1n) is 4.76. The van der Waals surface area contributed by atoms with E-state index in [2.05, 4.69) is 0 Å². The molecule has 0 aliphatic carbocycles. The Morgan fingerprint density at radius 2 is 1.87 bits per heavy atom. The Bertz CT molecular complexity index is 393. The van der Waals surface area contributed by atoms with Gasteiger partial charge < -0.3 is 14.9 Å². The normalized spacial score (nSPS) is 20.1. The topological polar surface area (TPSA) is 49.7 Å². The number of allylic oxidation sites excluding steroid dienone is 1. The minimum absolute atomic E-state index is 0.219. The van der Waals surface area contributed by atoms with Crippen molar-refractivity contribution in [3.05, 3.63) is 59.8 Å². The summed E-state index contributed by atoms with van der Waals surface area (Å²) in [4.78, 5) is 0. The van der Waals surface area contributed by atoms with Gasteiger partial charge in [-0.25, -0.2) is 0 Å². The van der Waals surface area contributed by atoms with Crippen molar-refractivity contribution in [2.75, 3.05) is 0 Å². The summed E-state index contributed by atoms with van der Waals surface area (Å²) in [5, 5.41) is 18.3. The summed E-state index contributed by atoms with van der Waals surface area (Å²) in [7, 11) is 0. The number of hydrogen-bond donors (Lipinski definition) is 2. The third-order valence-corrected chi connectivity index (χ3v) is 2.23. The fourth-order valence-electron chi connectivity index (χ4n) is 1.47. The maximum atomic E-state index is 9.18. The van der Waals surface area contributed by atoms with Gasteiger partial charge >= 0.3 is 5.95 Å². The lowest BCUT2D eigenvalue weighted by Gasteiger charge is -2.18. The molecule has 1 aliphatic rings. The second kappa shape index (κ2) is 4.09. The van der Waals surface area contributed by atoms with E-state index in [-0.39, 0.29) is 11.9 Å². The van der Waals surface area contributed by atoms with Crippen molar-refractivity contribution in [2.24, 2.45) is 0 Å². The van der Waals surface area contributed by atoms with Gasteiger partial charge in [-0.1, -0.05) is 30.3 Å². The van der Waals surface area contributed by atoms with Crippen molar-refractivity contribution in [3.63, 3.8) is 0 Å². The molecule has 15 heavy (non-hydrogen) atoms. The first-order chi connectivity index (χ1) is 7.25. The molecule has 3 nitrogen and oxygen atoms in total. The van der Waals surface area contributed by atoms with Gasteiger partial charge in [0.25, 0.3) is 0 Å². The zero-order chi connectivity index (χ0) is 10.7. The van der Waals surface area contributed by atoms with Crippen molar-refractivity contribution in [2.45, 2.75) is 12.5 Å². The fourth-order valence-corrected chi connectivity index (χ4v) is 1.47. The van der Waals surface area contributed by atoms with E-state index in [4.69, 9.17) is 9.84 Å². The van der Waals surface area contributed by atoms with E-state index < -0.39 is 5.95 Å². The Labute approximate surface area is 87.9 Å². The molecule has 0 amide bonds. The van der Waals surface area contributed by atoms with E-state index in [0.29, 0.717) is 6.42 Å². The van der Waals surface area contributed by atoms with Crippen molar-refractivity contribution >= 4 is 0 Å². The third kappa shape index (κ3) is 2.31. The molecule has 3 heteroatoms. The van der Waals surface area contributed by atoms with Gasteiger partial charge in [0.2, 0.25) is 0 Å². The maximum absolute atomic E-state index is 9.18. The van der Waals surface area contributed by atoms with Crippen LogP contribution in [-0.2, 0) is 11.2 Å². The zero-order valence-corrected chi connectivity index (χ0v) is 8.13. The molecule has 0 saturated heterocycles. The van der Waals surface area contributed by atoms with E-state index in [1.807, 2.05) is 30.3 Å². The smallest absolute Gasteiger partial charge is 0.321 e. The molecule has 2 N–H and O–H groups in total. The highest BCUT2D eigenvalue weighted by Gasteiger charge is 2.16. The number of aliphatic hydroxyl groups excluding tert-OH is 2. The highest BCUT2D eigenvalue weighted by atomic mass is 16.6. The fraction of sp³-hybridized carbons (Fsp3) is 0.167. The molecule has 78 valence electrons. The molecule has 2 rings (SSSR count). The minimum Gasteiger partial charge on any atom is -0.502 e. The van der Waals surface area contributed by atoms with Crippen LogP contribution >= 0.6 is 0 Å². The summed E-state index contributed by atoms with van der Waals surface area (Å²) in [6, 6.07) is 9.84. The van der Waals surface area contributed by atoms with Gasteiger partial charge in [0, 0.05) is 6.42 Å². The van der Waals surface area contributed by atoms with Crippen molar-refractivity contribution in [1.82, 2.24) is 0 Å². The van der Waals surface area contributed by atoms with Crippen LogP contribution in [0.1, 0.15) is 5.56 Å². The summed E-state index contributed by atoms with van der Waals surface area (Å²) >= 11 is 0. The predicted molar refractivity (Wildman–Crippen MR) is 56.4 cm³/mol. The summed E-state index contributed by atoms with van der Waals surface area (Å²) in [5.41, 5.74) is 1.13. The summed E-state index contributed by atoms with van der Waals surface area (Å²) in [6.07, 6.45) is 3.63. The molecule has 0 fully saturated rings. The molecule has 0 spiro atoms. The number of hydrogen-bond acceptors (Lipinski definition) is 3. The molecule has 1 atom stereocenters. The van der Waals surface area contributed by atoms with Gasteiger partial charge in [-0.2, -0.15) is 0 Å². The van der Waals surface area contributed by atoms with Crippen molar-refractivity contribution in [3.8, 4) is 0 Å². The lowest BCUT2D eigenvalue weighted by molar-refractivity contribution is 0.0381. The Morgan fingerprint density at radius 3 is 2.53 bits per heavy atom. The van der Waals surface area contributed by atoms with Crippen LogP contribution in [0.3, 0.4) is 0 Å². The Balaban J connectivity index is 2.02. The van der Waals surface area contributed by atoms with Crippen LogP contribution < -0.4 is 0 Å². The first-order valence-corrected chi connectivity index (χ1v) is 4.76. The van der Waals surface area contributed by atoms with E-state index in [1.54, 1.807) is 6.08 Å². The van der Waals surface area contributed by atoms with Crippen LogP contribution in [0.25, 0.3) is 0 Å². The highest BCUT2D eigenvalue weighted by molar-refractivity contribution is 5.21. The molecule has 1 unspecified atom stereocenters. The van der Waals surface area contributed by atoms with Crippen LogP contribution in [0, 0.1) is 0 Å².